The molecule has 140 valence electrons. The van der Waals surface area contributed by atoms with Crippen LogP contribution >= 0.6 is 0 Å². The third kappa shape index (κ3) is 3.12. The normalized spacial score (nSPS) is 17.5. The number of nitrogens with zero attached hydrogens (tertiary/aromatic N) is 1. The van der Waals surface area contributed by atoms with Gasteiger partial charge in [-0.3, -0.25) is 9.59 Å². The Labute approximate surface area is 158 Å². The van der Waals surface area contributed by atoms with Crippen molar-refractivity contribution in [3.05, 3.63) is 58.7 Å². The molecule has 2 aromatic rings. The summed E-state index contributed by atoms with van der Waals surface area (Å²) in [6.07, 6.45) is 1.69. The number of ether oxygens (including phenoxy) is 2. The number of carbonyl (C=O) groups excluding carboxylic acids is 2. The minimum atomic E-state index is -0.149. The largest absolute Gasteiger partial charge is 0.493 e. The number of rotatable bonds is 5. The van der Waals surface area contributed by atoms with Gasteiger partial charge in [0.05, 0.1) is 20.3 Å². The van der Waals surface area contributed by atoms with Gasteiger partial charge in [-0.2, -0.15) is 0 Å². The molecule has 1 N–H and O–H groups in total. The molecule has 1 aliphatic carbocycles. The number of fused-ring (bicyclic) bond motifs is 2. The molecular weight excluding hydrogens is 344 g/mol. The van der Waals surface area contributed by atoms with Crippen LogP contribution in [0.2, 0.25) is 0 Å². The monoisotopic (exact) mass is 366 g/mol. The van der Waals surface area contributed by atoms with Crippen LogP contribution in [0, 0.1) is 0 Å². The minimum Gasteiger partial charge on any atom is -0.493 e. The van der Waals surface area contributed by atoms with Gasteiger partial charge in [0, 0.05) is 12.1 Å². The van der Waals surface area contributed by atoms with Gasteiger partial charge in [-0.05, 0) is 47.7 Å². The van der Waals surface area contributed by atoms with Crippen molar-refractivity contribution < 1.29 is 19.1 Å². The molecule has 0 spiro atoms. The van der Waals surface area contributed by atoms with Crippen LogP contribution in [0.5, 0.6) is 11.5 Å². The summed E-state index contributed by atoms with van der Waals surface area (Å²) in [5.41, 5.74) is 3.87. The summed E-state index contributed by atoms with van der Waals surface area (Å²) < 4.78 is 10.7. The van der Waals surface area contributed by atoms with E-state index < -0.39 is 0 Å². The Morgan fingerprint density at radius 2 is 1.89 bits per heavy atom. The predicted molar refractivity (Wildman–Crippen MR) is 99.9 cm³/mol. The molecule has 6 heteroatoms. The lowest BCUT2D eigenvalue weighted by molar-refractivity contribution is -0.122. The molecule has 27 heavy (non-hydrogen) atoms. The van der Waals surface area contributed by atoms with Crippen molar-refractivity contribution in [1.82, 2.24) is 10.2 Å². The average Bonchev–Trinajstić information content (AvgIpc) is 3.21. The summed E-state index contributed by atoms with van der Waals surface area (Å²) in [7, 11) is 3.22. The molecule has 6 nitrogen and oxygen atoms in total. The summed E-state index contributed by atoms with van der Waals surface area (Å²) in [6, 6.07) is 11.3. The summed E-state index contributed by atoms with van der Waals surface area (Å²) in [6.45, 7) is 0.543. The smallest absolute Gasteiger partial charge is 0.254 e. The van der Waals surface area contributed by atoms with E-state index in [0.29, 0.717) is 23.6 Å². The van der Waals surface area contributed by atoms with E-state index >= 15 is 0 Å². The summed E-state index contributed by atoms with van der Waals surface area (Å²) in [5, 5.41) is 3.07. The first-order valence-electron chi connectivity index (χ1n) is 9.02. The number of amides is 2. The Kier molecular flexibility index (Phi) is 4.48. The van der Waals surface area contributed by atoms with Crippen LogP contribution in [0.25, 0.3) is 0 Å². The van der Waals surface area contributed by atoms with Gasteiger partial charge < -0.3 is 19.7 Å². The van der Waals surface area contributed by atoms with E-state index in [1.165, 1.54) is 0 Å². The predicted octanol–water partition coefficient (Wildman–Crippen LogP) is 2.46. The van der Waals surface area contributed by atoms with Crippen LogP contribution < -0.4 is 14.8 Å². The maximum atomic E-state index is 12.6. The maximum absolute atomic E-state index is 12.6. The van der Waals surface area contributed by atoms with Crippen LogP contribution in [0.3, 0.4) is 0 Å². The van der Waals surface area contributed by atoms with Crippen LogP contribution in [0.1, 0.15) is 39.5 Å². The second-order valence-electron chi connectivity index (χ2n) is 6.88. The highest BCUT2D eigenvalue weighted by molar-refractivity contribution is 6.00. The molecule has 1 heterocycles. The van der Waals surface area contributed by atoms with Crippen LogP contribution in [0.4, 0.5) is 0 Å². The molecule has 2 aromatic carbocycles. The Bertz CT molecular complexity index is 909. The molecule has 0 radical (unpaired) electrons. The van der Waals surface area contributed by atoms with Crippen molar-refractivity contribution in [2.24, 2.45) is 0 Å². The number of hydrogen-bond donors (Lipinski definition) is 1. The van der Waals surface area contributed by atoms with Gasteiger partial charge in [0.25, 0.3) is 5.91 Å². The molecule has 0 unspecified atom stereocenters. The van der Waals surface area contributed by atoms with E-state index in [1.54, 1.807) is 19.1 Å². The number of nitrogens with one attached hydrogen (secondary N) is 1. The lowest BCUT2D eigenvalue weighted by atomic mass is 10.1. The molecule has 0 bridgehead atoms. The van der Waals surface area contributed by atoms with Crippen LogP contribution in [-0.4, -0.2) is 37.5 Å². The van der Waals surface area contributed by atoms with E-state index in [1.807, 2.05) is 36.4 Å². The maximum Gasteiger partial charge on any atom is 0.254 e. The molecule has 0 saturated carbocycles. The first-order chi connectivity index (χ1) is 13.1. The van der Waals surface area contributed by atoms with E-state index in [9.17, 15) is 9.59 Å². The number of benzene rings is 2. The minimum absolute atomic E-state index is 0.0621. The lowest BCUT2D eigenvalue weighted by Crippen LogP contribution is -2.38. The van der Waals surface area contributed by atoms with Gasteiger partial charge in [-0.25, -0.2) is 0 Å². The zero-order valence-electron chi connectivity index (χ0n) is 15.5. The van der Waals surface area contributed by atoms with Crippen molar-refractivity contribution in [2.75, 3.05) is 20.8 Å². The Morgan fingerprint density at radius 1 is 1.15 bits per heavy atom. The van der Waals surface area contributed by atoms with Crippen LogP contribution in [0.15, 0.2) is 36.4 Å². The lowest BCUT2D eigenvalue weighted by Gasteiger charge is -2.19. The van der Waals surface area contributed by atoms with Crippen molar-refractivity contribution in [3.8, 4) is 11.5 Å². The van der Waals surface area contributed by atoms with Gasteiger partial charge in [0.2, 0.25) is 5.91 Å². The Morgan fingerprint density at radius 3 is 2.63 bits per heavy atom. The van der Waals surface area contributed by atoms with E-state index in [2.05, 4.69) is 5.32 Å². The van der Waals surface area contributed by atoms with Gasteiger partial charge >= 0.3 is 0 Å². The summed E-state index contributed by atoms with van der Waals surface area (Å²) in [4.78, 5) is 26.6. The topological polar surface area (TPSA) is 67.9 Å². The first-order valence-corrected chi connectivity index (χ1v) is 9.02. The van der Waals surface area contributed by atoms with Gasteiger partial charge in [0.1, 0.15) is 6.54 Å². The number of methoxy groups -OCH3 is 2. The van der Waals surface area contributed by atoms with Gasteiger partial charge in [0.15, 0.2) is 11.5 Å². The van der Waals surface area contributed by atoms with Gasteiger partial charge in [-0.1, -0.05) is 18.2 Å². The fourth-order valence-electron chi connectivity index (χ4n) is 3.94. The van der Waals surface area contributed by atoms with Crippen LogP contribution in [-0.2, 0) is 17.8 Å². The summed E-state index contributed by atoms with van der Waals surface area (Å²) >= 11 is 0. The van der Waals surface area contributed by atoms with Crippen molar-refractivity contribution in [3.63, 3.8) is 0 Å². The fourth-order valence-corrected chi connectivity index (χ4v) is 3.94. The third-order valence-electron chi connectivity index (χ3n) is 5.29. The number of carbonyl (C=O) groups is 2. The molecular formula is C21H22N2O4. The van der Waals surface area contributed by atoms with Crippen molar-refractivity contribution in [1.29, 1.82) is 0 Å². The molecule has 0 aromatic heterocycles. The quantitative estimate of drug-likeness (QED) is 0.883. The highest BCUT2D eigenvalue weighted by Crippen LogP contribution is 2.39. The number of hydrogen-bond acceptors (Lipinski definition) is 4. The third-order valence-corrected chi connectivity index (χ3v) is 5.29. The molecule has 1 aliphatic heterocycles. The zero-order valence-corrected chi connectivity index (χ0v) is 15.5. The van der Waals surface area contributed by atoms with Crippen molar-refractivity contribution >= 4 is 11.8 Å². The average molecular weight is 366 g/mol. The molecule has 4 rings (SSSR count). The number of aryl methyl sites for hydroxylation is 1. The first kappa shape index (κ1) is 17.4. The summed E-state index contributed by atoms with van der Waals surface area (Å²) in [5.74, 6) is 1.12. The Hall–Kier alpha value is -3.02. The molecule has 1 atom stereocenters. The molecule has 2 aliphatic rings. The second kappa shape index (κ2) is 6.95. The molecule has 0 fully saturated rings. The van der Waals surface area contributed by atoms with E-state index in [4.69, 9.17) is 9.47 Å². The molecule has 2 amide bonds. The zero-order chi connectivity index (χ0) is 19.0. The fraction of sp³-hybridized carbons (Fsp3) is 0.333. The highest BCUT2D eigenvalue weighted by Gasteiger charge is 2.30. The SMILES string of the molecule is COc1cc2c(cc1OC)[C@H](NC(=O)CN1Cc3ccccc3C1=O)CC2. The van der Waals surface area contributed by atoms with Crippen molar-refractivity contribution in [2.45, 2.75) is 25.4 Å². The Balaban J connectivity index is 1.44. The molecule has 0 saturated heterocycles. The second-order valence-corrected chi connectivity index (χ2v) is 6.88. The standard InChI is InChI=1S/C21H22N2O4/c1-26-18-9-13-7-8-17(16(13)10-19(18)27-2)22-20(24)12-23-11-14-5-3-4-6-15(14)21(23)25/h3-6,9-10,17H,7-8,11-12H2,1-2H3,(H,22,24)/t17-/m1/s1. The van der Waals surface area contributed by atoms with Gasteiger partial charge in [-0.15, -0.1) is 0 Å². The van der Waals surface area contributed by atoms with E-state index in [-0.39, 0.29) is 24.4 Å². The van der Waals surface area contributed by atoms with E-state index in [0.717, 1.165) is 29.5 Å². The highest BCUT2D eigenvalue weighted by atomic mass is 16.5.